The van der Waals surface area contributed by atoms with E-state index in [1.165, 1.54) is 4.88 Å². The SMILES string of the molecule is CC1CCc2c(C(=O)O)csc2C1. The Bertz CT molecular complexity index is 341. The van der Waals surface area contributed by atoms with Crippen molar-refractivity contribution in [2.24, 2.45) is 5.92 Å². The lowest BCUT2D eigenvalue weighted by molar-refractivity contribution is 0.0696. The van der Waals surface area contributed by atoms with Gasteiger partial charge in [-0.3, -0.25) is 0 Å². The molecule has 0 fully saturated rings. The first-order valence-corrected chi connectivity index (χ1v) is 5.39. The van der Waals surface area contributed by atoms with Crippen molar-refractivity contribution in [2.75, 3.05) is 0 Å². The molecule has 0 saturated heterocycles. The lowest BCUT2D eigenvalue weighted by Crippen LogP contribution is -2.11. The van der Waals surface area contributed by atoms with Crippen molar-refractivity contribution in [2.45, 2.75) is 26.2 Å². The van der Waals surface area contributed by atoms with E-state index >= 15 is 0 Å². The molecule has 1 atom stereocenters. The lowest BCUT2D eigenvalue weighted by atomic mass is 9.89. The lowest BCUT2D eigenvalue weighted by Gasteiger charge is -2.18. The minimum Gasteiger partial charge on any atom is -0.478 e. The highest BCUT2D eigenvalue weighted by molar-refractivity contribution is 7.10. The largest absolute Gasteiger partial charge is 0.478 e. The molecule has 1 unspecified atom stereocenters. The van der Waals surface area contributed by atoms with E-state index in [1.807, 2.05) is 0 Å². The van der Waals surface area contributed by atoms with Crippen LogP contribution in [0.2, 0.25) is 0 Å². The predicted molar refractivity (Wildman–Crippen MR) is 52.5 cm³/mol. The molecule has 3 heteroatoms. The van der Waals surface area contributed by atoms with Gasteiger partial charge in [-0.05, 0) is 30.7 Å². The van der Waals surface area contributed by atoms with Crippen molar-refractivity contribution in [3.05, 3.63) is 21.4 Å². The van der Waals surface area contributed by atoms with Crippen LogP contribution in [-0.2, 0) is 12.8 Å². The van der Waals surface area contributed by atoms with E-state index in [9.17, 15) is 4.79 Å². The minimum atomic E-state index is -0.771. The number of carbonyl (C=O) groups is 1. The molecule has 0 spiro atoms. The van der Waals surface area contributed by atoms with Crippen molar-refractivity contribution in [1.29, 1.82) is 0 Å². The van der Waals surface area contributed by atoms with Gasteiger partial charge in [0.05, 0.1) is 5.56 Å². The summed E-state index contributed by atoms with van der Waals surface area (Å²) in [6.45, 7) is 2.23. The molecule has 0 amide bonds. The van der Waals surface area contributed by atoms with E-state index in [2.05, 4.69) is 6.92 Å². The molecule has 2 rings (SSSR count). The molecule has 0 bridgehead atoms. The number of aromatic carboxylic acids is 1. The summed E-state index contributed by atoms with van der Waals surface area (Å²) in [4.78, 5) is 12.1. The van der Waals surface area contributed by atoms with Crippen LogP contribution in [0.5, 0.6) is 0 Å². The molecule has 0 aromatic carbocycles. The molecular formula is C10H12O2S. The van der Waals surface area contributed by atoms with E-state index in [0.29, 0.717) is 11.5 Å². The molecule has 1 heterocycles. The fraction of sp³-hybridized carbons (Fsp3) is 0.500. The minimum absolute atomic E-state index is 0.534. The summed E-state index contributed by atoms with van der Waals surface area (Å²) in [5, 5.41) is 10.7. The monoisotopic (exact) mass is 196 g/mol. The average molecular weight is 196 g/mol. The highest BCUT2D eigenvalue weighted by Crippen LogP contribution is 2.32. The van der Waals surface area contributed by atoms with Gasteiger partial charge in [-0.1, -0.05) is 6.92 Å². The Labute approximate surface area is 81.2 Å². The van der Waals surface area contributed by atoms with E-state index in [4.69, 9.17) is 5.11 Å². The van der Waals surface area contributed by atoms with Gasteiger partial charge in [0, 0.05) is 10.3 Å². The molecule has 70 valence electrons. The number of fused-ring (bicyclic) bond motifs is 1. The van der Waals surface area contributed by atoms with Crippen molar-refractivity contribution in [1.82, 2.24) is 0 Å². The van der Waals surface area contributed by atoms with Crippen LogP contribution < -0.4 is 0 Å². The van der Waals surface area contributed by atoms with Crippen LogP contribution in [0.1, 0.15) is 34.1 Å². The highest BCUT2D eigenvalue weighted by atomic mass is 32.1. The fourth-order valence-electron chi connectivity index (χ4n) is 1.86. The average Bonchev–Trinajstić information content (AvgIpc) is 2.46. The van der Waals surface area contributed by atoms with Gasteiger partial charge in [-0.2, -0.15) is 0 Å². The molecule has 1 aliphatic carbocycles. The van der Waals surface area contributed by atoms with E-state index < -0.39 is 5.97 Å². The zero-order chi connectivity index (χ0) is 9.42. The third-order valence-corrected chi connectivity index (χ3v) is 3.68. The Morgan fingerprint density at radius 3 is 3.15 bits per heavy atom. The van der Waals surface area contributed by atoms with Gasteiger partial charge in [-0.25, -0.2) is 4.79 Å². The van der Waals surface area contributed by atoms with Gasteiger partial charge in [0.2, 0.25) is 0 Å². The summed E-state index contributed by atoms with van der Waals surface area (Å²) in [5.41, 5.74) is 1.63. The molecular weight excluding hydrogens is 184 g/mol. The zero-order valence-electron chi connectivity index (χ0n) is 7.54. The molecule has 0 radical (unpaired) electrons. The second kappa shape index (κ2) is 3.14. The summed E-state index contributed by atoms with van der Waals surface area (Å²) < 4.78 is 0. The number of carboxylic acids is 1. The van der Waals surface area contributed by atoms with Crippen LogP contribution in [0.15, 0.2) is 5.38 Å². The van der Waals surface area contributed by atoms with Gasteiger partial charge < -0.3 is 5.11 Å². The summed E-state index contributed by atoms with van der Waals surface area (Å²) >= 11 is 1.60. The first-order chi connectivity index (χ1) is 6.18. The van der Waals surface area contributed by atoms with E-state index in [0.717, 1.165) is 24.8 Å². The van der Waals surface area contributed by atoms with Crippen molar-refractivity contribution in [3.8, 4) is 0 Å². The van der Waals surface area contributed by atoms with Crippen molar-refractivity contribution < 1.29 is 9.90 Å². The Morgan fingerprint density at radius 1 is 1.69 bits per heavy atom. The maximum atomic E-state index is 10.8. The zero-order valence-corrected chi connectivity index (χ0v) is 8.36. The Balaban J connectivity index is 2.39. The number of hydrogen-bond donors (Lipinski definition) is 1. The topological polar surface area (TPSA) is 37.3 Å². The van der Waals surface area contributed by atoms with Gasteiger partial charge in [0.15, 0.2) is 0 Å². The second-order valence-corrected chi connectivity index (χ2v) is 4.67. The summed E-state index contributed by atoms with van der Waals surface area (Å²) in [6.07, 6.45) is 3.14. The maximum Gasteiger partial charge on any atom is 0.336 e. The molecule has 1 aliphatic rings. The normalized spacial score (nSPS) is 21.2. The molecule has 2 nitrogen and oxygen atoms in total. The fourth-order valence-corrected chi connectivity index (χ4v) is 3.09. The van der Waals surface area contributed by atoms with Gasteiger partial charge in [0.1, 0.15) is 0 Å². The van der Waals surface area contributed by atoms with Crippen LogP contribution in [0.4, 0.5) is 0 Å². The quantitative estimate of drug-likeness (QED) is 0.749. The van der Waals surface area contributed by atoms with Crippen molar-refractivity contribution >= 4 is 17.3 Å². The summed E-state index contributed by atoms with van der Waals surface area (Å²) in [5.74, 6) is -0.0557. The number of hydrogen-bond acceptors (Lipinski definition) is 2. The van der Waals surface area contributed by atoms with Gasteiger partial charge >= 0.3 is 5.97 Å². The van der Waals surface area contributed by atoms with Crippen LogP contribution in [-0.4, -0.2) is 11.1 Å². The molecule has 13 heavy (non-hydrogen) atoms. The van der Waals surface area contributed by atoms with E-state index in [1.54, 1.807) is 16.7 Å². The summed E-state index contributed by atoms with van der Waals surface area (Å²) in [6, 6.07) is 0. The summed E-state index contributed by atoms with van der Waals surface area (Å²) in [7, 11) is 0. The Hall–Kier alpha value is -0.830. The Kier molecular flexibility index (Phi) is 2.12. The highest BCUT2D eigenvalue weighted by Gasteiger charge is 2.22. The van der Waals surface area contributed by atoms with Gasteiger partial charge in [0.25, 0.3) is 0 Å². The van der Waals surface area contributed by atoms with Gasteiger partial charge in [-0.15, -0.1) is 11.3 Å². The molecule has 0 aliphatic heterocycles. The first-order valence-electron chi connectivity index (χ1n) is 4.51. The standard InChI is InChI=1S/C10H12O2S/c1-6-2-3-7-8(10(11)12)5-13-9(7)4-6/h5-6H,2-4H2,1H3,(H,11,12). The Morgan fingerprint density at radius 2 is 2.46 bits per heavy atom. The molecule has 1 aromatic rings. The maximum absolute atomic E-state index is 10.8. The van der Waals surface area contributed by atoms with Crippen LogP contribution in [0, 0.1) is 5.92 Å². The van der Waals surface area contributed by atoms with Crippen molar-refractivity contribution in [3.63, 3.8) is 0 Å². The van der Waals surface area contributed by atoms with Crippen LogP contribution in [0.3, 0.4) is 0 Å². The van der Waals surface area contributed by atoms with Crippen LogP contribution >= 0.6 is 11.3 Å². The molecule has 1 N–H and O–H groups in total. The third-order valence-electron chi connectivity index (χ3n) is 2.63. The second-order valence-electron chi connectivity index (χ2n) is 3.70. The smallest absolute Gasteiger partial charge is 0.336 e. The third kappa shape index (κ3) is 1.48. The van der Waals surface area contributed by atoms with Crippen LogP contribution in [0.25, 0.3) is 0 Å². The number of rotatable bonds is 1. The predicted octanol–water partition coefficient (Wildman–Crippen LogP) is 2.57. The number of thiophene rings is 1. The molecule has 1 aromatic heterocycles. The van der Waals surface area contributed by atoms with E-state index in [-0.39, 0.29) is 0 Å². The molecule has 0 saturated carbocycles. The number of carboxylic acid groups (broad SMARTS) is 1. The first kappa shape index (κ1) is 8.75.